The second kappa shape index (κ2) is 21.0. The van der Waals surface area contributed by atoms with Crippen LogP contribution in [-0.2, 0) is 34.1 Å². The van der Waals surface area contributed by atoms with E-state index in [-0.39, 0.29) is 37.2 Å². The number of hydrogen-bond acceptors (Lipinski definition) is 14. The van der Waals surface area contributed by atoms with Crippen molar-refractivity contribution in [3.63, 3.8) is 0 Å². The summed E-state index contributed by atoms with van der Waals surface area (Å²) in [5.74, 6) is 0.192. The number of nitrogens with one attached hydrogen (secondary N) is 3. The number of imidazole rings is 1. The number of amides is 2. The van der Waals surface area contributed by atoms with Crippen LogP contribution in [0, 0.1) is 5.92 Å². The fraction of sp³-hybridized carbons (Fsp3) is 0.314. The predicted octanol–water partition coefficient (Wildman–Crippen LogP) is 4.99. The van der Waals surface area contributed by atoms with Crippen LogP contribution in [0.4, 0.5) is 5.82 Å². The van der Waals surface area contributed by atoms with Crippen molar-refractivity contribution in [1.82, 2.24) is 34.4 Å². The zero-order valence-electron chi connectivity index (χ0n) is 38.8. The van der Waals surface area contributed by atoms with Gasteiger partial charge in [-0.3, -0.25) is 28.5 Å². The van der Waals surface area contributed by atoms with Gasteiger partial charge in [0, 0.05) is 57.4 Å². The Morgan fingerprint density at radius 2 is 1.41 bits per heavy atom. The summed E-state index contributed by atoms with van der Waals surface area (Å²) >= 11 is 0. The van der Waals surface area contributed by atoms with Gasteiger partial charge < -0.3 is 43.8 Å². The normalized spacial score (nSPS) is 21.1. The zero-order valence-corrected chi connectivity index (χ0v) is 38.8. The van der Waals surface area contributed by atoms with Crippen molar-refractivity contribution in [2.24, 2.45) is 5.92 Å². The van der Waals surface area contributed by atoms with E-state index in [2.05, 4.69) is 30.6 Å². The lowest BCUT2D eigenvalue weighted by Crippen LogP contribution is -2.41. The summed E-state index contributed by atoms with van der Waals surface area (Å²) in [5.41, 5.74) is 1.11. The van der Waals surface area contributed by atoms with Gasteiger partial charge in [0.2, 0.25) is 5.91 Å². The molecule has 19 nitrogen and oxygen atoms in total. The van der Waals surface area contributed by atoms with Crippen LogP contribution in [0.15, 0.2) is 144 Å². The molecule has 2 fully saturated rings. The summed E-state index contributed by atoms with van der Waals surface area (Å²) < 4.78 is 46.4. The Kier molecular flexibility index (Phi) is 14.2. The maximum atomic E-state index is 14.2. The number of carbonyl (C=O) groups is 2. The van der Waals surface area contributed by atoms with Crippen LogP contribution in [0.3, 0.4) is 0 Å². The number of ether oxygens (including phenoxy) is 7. The molecule has 0 spiro atoms. The van der Waals surface area contributed by atoms with E-state index in [4.69, 9.17) is 33.2 Å². The molecule has 362 valence electrons. The Bertz CT molecular complexity index is 2970. The molecule has 0 saturated carbocycles. The van der Waals surface area contributed by atoms with Crippen LogP contribution in [0.5, 0.6) is 11.5 Å². The number of anilines is 1. The molecule has 19 heteroatoms. The molecule has 0 bridgehead atoms. The smallest absolute Gasteiger partial charge is 0.330 e. The van der Waals surface area contributed by atoms with E-state index in [9.17, 15) is 19.2 Å². The molecule has 5 heterocycles. The Labute approximate surface area is 401 Å². The van der Waals surface area contributed by atoms with E-state index < -0.39 is 59.6 Å². The van der Waals surface area contributed by atoms with Crippen molar-refractivity contribution in [2.45, 2.75) is 55.3 Å². The molecule has 2 aliphatic heterocycles. The summed E-state index contributed by atoms with van der Waals surface area (Å²) in [4.78, 5) is 68.2. The molecular weight excluding hydrogens is 901 g/mol. The summed E-state index contributed by atoms with van der Waals surface area (Å²) in [7, 11) is 6.26. The van der Waals surface area contributed by atoms with Crippen LogP contribution in [0.1, 0.15) is 52.3 Å². The molecule has 0 unspecified atom stereocenters. The van der Waals surface area contributed by atoms with E-state index in [1.54, 1.807) is 56.5 Å². The number of hydrogen-bond donors (Lipinski definition) is 3. The van der Waals surface area contributed by atoms with Gasteiger partial charge in [0.05, 0.1) is 39.4 Å². The van der Waals surface area contributed by atoms with Gasteiger partial charge >= 0.3 is 5.69 Å². The highest BCUT2D eigenvalue weighted by Gasteiger charge is 2.49. The number of nitrogens with zero attached hydrogens (tertiary/aromatic N) is 5. The minimum Gasteiger partial charge on any atom is -0.497 e. The molecule has 2 aliphatic rings. The molecule has 2 amide bonds. The van der Waals surface area contributed by atoms with Crippen molar-refractivity contribution in [3.05, 3.63) is 177 Å². The molecule has 3 aromatic heterocycles. The fourth-order valence-electron chi connectivity index (χ4n) is 9.33. The average molecular weight is 953 g/mol. The average Bonchev–Trinajstić information content (AvgIpc) is 4.12. The number of carbonyl (C=O) groups excluding carboxylic acids is 2. The van der Waals surface area contributed by atoms with Gasteiger partial charge in [-0.2, -0.15) is 0 Å². The third-order valence-electron chi connectivity index (χ3n) is 12.8. The first kappa shape index (κ1) is 47.5. The van der Waals surface area contributed by atoms with E-state index in [1.165, 1.54) is 30.3 Å². The van der Waals surface area contributed by atoms with Crippen LogP contribution in [0.25, 0.3) is 11.2 Å². The van der Waals surface area contributed by atoms with Gasteiger partial charge in [-0.05, 0) is 53.1 Å². The number of aromatic nitrogens is 6. The third kappa shape index (κ3) is 9.57. The van der Waals surface area contributed by atoms with Crippen molar-refractivity contribution >= 4 is 28.8 Å². The van der Waals surface area contributed by atoms with E-state index in [0.717, 1.165) is 16.7 Å². The highest BCUT2D eigenvalue weighted by Crippen LogP contribution is 2.44. The van der Waals surface area contributed by atoms with Gasteiger partial charge in [0.25, 0.3) is 11.5 Å². The first-order valence-corrected chi connectivity index (χ1v) is 22.6. The zero-order chi connectivity index (χ0) is 48.8. The number of fused-ring (bicyclic) bond motifs is 1. The summed E-state index contributed by atoms with van der Waals surface area (Å²) in [6, 6.07) is 34.9. The van der Waals surface area contributed by atoms with Crippen LogP contribution in [-0.4, -0.2) is 107 Å². The molecule has 4 aromatic carbocycles. The van der Waals surface area contributed by atoms with Crippen molar-refractivity contribution in [3.8, 4) is 11.5 Å². The van der Waals surface area contributed by atoms with Gasteiger partial charge in [-0.1, -0.05) is 72.8 Å². The Hall–Kier alpha value is -7.55. The largest absolute Gasteiger partial charge is 0.497 e. The lowest BCUT2D eigenvalue weighted by atomic mass is 9.79. The van der Waals surface area contributed by atoms with Gasteiger partial charge in [-0.25, -0.2) is 19.7 Å². The first-order valence-electron chi connectivity index (χ1n) is 22.6. The molecule has 9 rings (SSSR count). The number of aromatic amines is 1. The molecule has 0 aliphatic carbocycles. The number of rotatable bonds is 18. The van der Waals surface area contributed by atoms with Crippen molar-refractivity contribution in [2.75, 3.05) is 46.9 Å². The Morgan fingerprint density at radius 3 is 2.04 bits per heavy atom. The maximum absolute atomic E-state index is 14.2. The molecule has 7 aromatic rings. The second-order valence-corrected chi connectivity index (χ2v) is 16.8. The third-order valence-corrected chi connectivity index (χ3v) is 12.8. The Morgan fingerprint density at radius 1 is 0.757 bits per heavy atom. The quantitative estimate of drug-likeness (QED) is 0.0966. The van der Waals surface area contributed by atoms with Crippen LogP contribution < -0.4 is 31.4 Å². The highest BCUT2D eigenvalue weighted by molar-refractivity contribution is 6.06. The highest BCUT2D eigenvalue weighted by atomic mass is 16.6. The van der Waals surface area contributed by atoms with Gasteiger partial charge in [-0.15, -0.1) is 0 Å². The van der Waals surface area contributed by atoms with Crippen LogP contribution >= 0.6 is 0 Å². The van der Waals surface area contributed by atoms with E-state index >= 15 is 0 Å². The van der Waals surface area contributed by atoms with Gasteiger partial charge in [0.1, 0.15) is 35.6 Å². The van der Waals surface area contributed by atoms with E-state index in [0.29, 0.717) is 34.6 Å². The Balaban J connectivity index is 0.966. The number of H-pyrrole nitrogens is 1. The molecule has 70 heavy (non-hydrogen) atoms. The molecule has 0 radical (unpaired) electrons. The standard InChI is InChI=1S/C51H52N8O11/c1-64-35-19-15-33(16-20-35)51(32-13-9-6-10-14-32,34-17-21-36(65-2)22-18-34)68-28-40-38(44(67-4)49(70-40)58-24-23-41(60)56-50(58)63)26-42(61)52-27-37-25-39(66-3)48(69-37)59-30-55-43-45(53-29-54-46(43)59)57-47(62)31-11-7-5-8-12-31/h5-24,29-30,37-40,44,48-49H,25-28H2,1-4H3,(H,52,61)(H,56,60,63)(H,53,54,57,62)/t37-,38-,39-,40-,44-,48-,49-/m1/s1. The first-order chi connectivity index (χ1) is 34.1. The molecular formula is C51H52N8O11. The molecule has 7 atom stereocenters. The summed E-state index contributed by atoms with van der Waals surface area (Å²) in [6.45, 7) is 0.0405. The van der Waals surface area contributed by atoms with Gasteiger partial charge in [0.15, 0.2) is 29.4 Å². The SMILES string of the molecule is COc1ccc(C(OC[C@H]2O[C@@H](n3ccc(=O)[nH]c3=O)[C@H](OC)[C@@H]2CC(=O)NC[C@H]2C[C@@H](OC)[C@H](n3cnc4c(NC(=O)c5ccccc5)ncnc43)O2)(c2ccccc2)c2ccc(OC)cc2)cc1. The second-order valence-electron chi connectivity index (χ2n) is 16.8. The minimum absolute atomic E-state index is 0.0810. The number of methoxy groups -OCH3 is 4. The lowest BCUT2D eigenvalue weighted by Gasteiger charge is -2.37. The topological polar surface area (TPSA) is 221 Å². The predicted molar refractivity (Wildman–Crippen MR) is 254 cm³/mol. The van der Waals surface area contributed by atoms with Crippen molar-refractivity contribution < 1.29 is 42.7 Å². The van der Waals surface area contributed by atoms with E-state index in [1.807, 2.05) is 84.9 Å². The molecule has 2 saturated heterocycles. The summed E-state index contributed by atoms with van der Waals surface area (Å²) in [6.07, 6.45) is 0.228. The lowest BCUT2D eigenvalue weighted by molar-refractivity contribution is -0.125. The fourth-order valence-corrected chi connectivity index (χ4v) is 9.33. The monoisotopic (exact) mass is 952 g/mol. The van der Waals surface area contributed by atoms with Crippen molar-refractivity contribution in [1.29, 1.82) is 0 Å². The summed E-state index contributed by atoms with van der Waals surface area (Å²) in [5, 5.41) is 5.87. The molecule has 3 N–H and O–H groups in total. The number of benzene rings is 4. The maximum Gasteiger partial charge on any atom is 0.330 e. The van der Waals surface area contributed by atoms with Crippen LogP contribution in [0.2, 0.25) is 0 Å². The minimum atomic E-state index is -1.23.